The van der Waals surface area contributed by atoms with Crippen molar-refractivity contribution in [2.75, 3.05) is 6.54 Å². The van der Waals surface area contributed by atoms with E-state index in [-0.39, 0.29) is 24.0 Å². The molecule has 0 saturated carbocycles. The molecular formula is C16H27N3O2. The van der Waals surface area contributed by atoms with Crippen molar-refractivity contribution in [3.63, 3.8) is 0 Å². The molecule has 1 amide bonds. The number of carbonyl (C=O) groups excluding carboxylic acids is 1. The number of aromatic nitrogens is 2. The number of carbonyl (C=O) groups is 1. The third-order valence-corrected chi connectivity index (χ3v) is 4.47. The van der Waals surface area contributed by atoms with Crippen molar-refractivity contribution < 1.29 is 9.90 Å². The average Bonchev–Trinajstić information content (AvgIpc) is 2.95. The first-order valence-electron chi connectivity index (χ1n) is 7.89. The number of rotatable bonds is 5. The van der Waals surface area contributed by atoms with Crippen LogP contribution in [-0.2, 0) is 4.79 Å². The first-order chi connectivity index (χ1) is 9.90. The van der Waals surface area contributed by atoms with Crippen molar-refractivity contribution in [3.05, 3.63) is 17.0 Å². The van der Waals surface area contributed by atoms with Crippen LogP contribution >= 0.6 is 0 Å². The fourth-order valence-electron chi connectivity index (χ4n) is 3.57. The van der Waals surface area contributed by atoms with Crippen LogP contribution < -0.4 is 0 Å². The van der Waals surface area contributed by atoms with Crippen LogP contribution in [0.2, 0.25) is 0 Å². The summed E-state index contributed by atoms with van der Waals surface area (Å²) >= 11 is 0. The van der Waals surface area contributed by atoms with Crippen LogP contribution in [0.25, 0.3) is 0 Å². The molecule has 1 aliphatic rings. The Morgan fingerprint density at radius 2 is 2.19 bits per heavy atom. The molecule has 1 aliphatic heterocycles. The minimum atomic E-state index is -0.348. The minimum Gasteiger partial charge on any atom is -0.393 e. The summed E-state index contributed by atoms with van der Waals surface area (Å²) in [4.78, 5) is 14.5. The van der Waals surface area contributed by atoms with E-state index >= 15 is 0 Å². The van der Waals surface area contributed by atoms with Crippen LogP contribution in [0.1, 0.15) is 62.4 Å². The van der Waals surface area contributed by atoms with Crippen molar-refractivity contribution in [1.29, 1.82) is 0 Å². The zero-order valence-electron chi connectivity index (χ0n) is 13.5. The summed E-state index contributed by atoms with van der Waals surface area (Å²) in [5.41, 5.74) is 3.19. The summed E-state index contributed by atoms with van der Waals surface area (Å²) in [6, 6.07) is 0.205. The second-order valence-electron chi connectivity index (χ2n) is 6.42. The van der Waals surface area contributed by atoms with Gasteiger partial charge in [-0.1, -0.05) is 6.92 Å². The monoisotopic (exact) mass is 293 g/mol. The highest BCUT2D eigenvalue weighted by atomic mass is 16.3. The SMILES string of the molecule is Cc1n[nH]c(C)c1C(C)CC(=O)N1CCCC1CC(C)O. The number of aliphatic hydroxyl groups is 1. The van der Waals surface area contributed by atoms with Gasteiger partial charge in [0.25, 0.3) is 0 Å². The maximum Gasteiger partial charge on any atom is 0.223 e. The zero-order chi connectivity index (χ0) is 15.6. The highest BCUT2D eigenvalue weighted by Crippen LogP contribution is 2.28. The van der Waals surface area contributed by atoms with Crippen LogP contribution in [0.3, 0.4) is 0 Å². The Labute approximate surface area is 126 Å². The van der Waals surface area contributed by atoms with Crippen molar-refractivity contribution in [1.82, 2.24) is 15.1 Å². The lowest BCUT2D eigenvalue weighted by Gasteiger charge is -2.27. The predicted molar refractivity (Wildman–Crippen MR) is 82.1 cm³/mol. The van der Waals surface area contributed by atoms with Crippen molar-refractivity contribution in [3.8, 4) is 0 Å². The second-order valence-corrected chi connectivity index (χ2v) is 6.42. The first kappa shape index (κ1) is 16.0. The Morgan fingerprint density at radius 3 is 2.76 bits per heavy atom. The quantitative estimate of drug-likeness (QED) is 0.875. The molecule has 2 heterocycles. The maximum absolute atomic E-state index is 12.6. The van der Waals surface area contributed by atoms with Gasteiger partial charge in [-0.3, -0.25) is 9.89 Å². The molecule has 3 unspecified atom stereocenters. The smallest absolute Gasteiger partial charge is 0.223 e. The van der Waals surface area contributed by atoms with Crippen molar-refractivity contribution >= 4 is 5.91 Å². The van der Waals surface area contributed by atoms with Crippen LogP contribution in [0.15, 0.2) is 0 Å². The van der Waals surface area contributed by atoms with Gasteiger partial charge in [0.05, 0.1) is 11.8 Å². The third kappa shape index (κ3) is 3.64. The Bertz CT molecular complexity index is 476. The average molecular weight is 293 g/mol. The van der Waals surface area contributed by atoms with Crippen LogP contribution in [-0.4, -0.2) is 44.8 Å². The van der Waals surface area contributed by atoms with Gasteiger partial charge in [-0.25, -0.2) is 0 Å². The number of aliphatic hydroxyl groups excluding tert-OH is 1. The minimum absolute atomic E-state index is 0.170. The summed E-state index contributed by atoms with van der Waals surface area (Å²) in [5, 5.41) is 16.8. The van der Waals surface area contributed by atoms with Crippen LogP contribution in [0.5, 0.6) is 0 Å². The number of aryl methyl sites for hydroxylation is 2. The number of hydrogen-bond donors (Lipinski definition) is 2. The molecule has 0 spiro atoms. The molecule has 2 rings (SSSR count). The van der Waals surface area contributed by atoms with E-state index in [9.17, 15) is 9.90 Å². The lowest BCUT2D eigenvalue weighted by molar-refractivity contribution is -0.132. The molecule has 5 heteroatoms. The van der Waals surface area contributed by atoms with Crippen LogP contribution in [0, 0.1) is 13.8 Å². The standard InChI is InChI=1S/C16H27N3O2/c1-10(16-12(3)17-18-13(16)4)8-15(21)19-7-5-6-14(19)9-11(2)20/h10-11,14,20H,5-9H2,1-4H3,(H,17,18). The molecule has 1 aromatic rings. The fraction of sp³-hybridized carbons (Fsp3) is 0.750. The highest BCUT2D eigenvalue weighted by molar-refractivity contribution is 5.77. The Hall–Kier alpha value is -1.36. The molecule has 5 nitrogen and oxygen atoms in total. The Balaban J connectivity index is 2.00. The molecule has 0 radical (unpaired) electrons. The summed E-state index contributed by atoms with van der Waals surface area (Å²) in [7, 11) is 0. The van der Waals surface area contributed by atoms with Gasteiger partial charge in [0, 0.05) is 24.7 Å². The van der Waals surface area contributed by atoms with Crippen molar-refractivity contribution in [2.45, 2.75) is 71.4 Å². The zero-order valence-corrected chi connectivity index (χ0v) is 13.5. The number of H-pyrrole nitrogens is 1. The van der Waals surface area contributed by atoms with Gasteiger partial charge >= 0.3 is 0 Å². The summed E-state index contributed by atoms with van der Waals surface area (Å²) < 4.78 is 0. The molecule has 1 fully saturated rings. The van der Waals surface area contributed by atoms with E-state index in [2.05, 4.69) is 17.1 Å². The molecule has 2 N–H and O–H groups in total. The van der Waals surface area contributed by atoms with Gasteiger partial charge in [0.15, 0.2) is 0 Å². The molecule has 3 atom stereocenters. The number of hydrogen-bond acceptors (Lipinski definition) is 3. The maximum atomic E-state index is 12.6. The lowest BCUT2D eigenvalue weighted by Crippen LogP contribution is -2.37. The number of aromatic amines is 1. The largest absolute Gasteiger partial charge is 0.393 e. The lowest BCUT2D eigenvalue weighted by atomic mass is 9.95. The van der Waals surface area contributed by atoms with Crippen LogP contribution in [0.4, 0.5) is 0 Å². The highest BCUT2D eigenvalue weighted by Gasteiger charge is 2.30. The topological polar surface area (TPSA) is 69.2 Å². The molecule has 1 aromatic heterocycles. The number of nitrogens with zero attached hydrogens (tertiary/aromatic N) is 2. The van der Waals surface area contributed by atoms with Gasteiger partial charge in [-0.2, -0.15) is 5.10 Å². The van der Waals surface area contributed by atoms with E-state index in [0.29, 0.717) is 12.8 Å². The van der Waals surface area contributed by atoms with E-state index in [1.807, 2.05) is 18.7 Å². The Kier molecular flexibility index (Phi) is 5.04. The summed E-state index contributed by atoms with van der Waals surface area (Å²) in [5.74, 6) is 0.370. The van der Waals surface area contributed by atoms with Gasteiger partial charge in [0.2, 0.25) is 5.91 Å². The molecule has 0 aromatic carbocycles. The molecule has 0 bridgehead atoms. The fourth-order valence-corrected chi connectivity index (χ4v) is 3.57. The molecule has 21 heavy (non-hydrogen) atoms. The van der Waals surface area contributed by atoms with E-state index in [4.69, 9.17) is 0 Å². The molecule has 1 saturated heterocycles. The van der Waals surface area contributed by atoms with Gasteiger partial charge < -0.3 is 10.0 Å². The molecular weight excluding hydrogens is 266 g/mol. The number of amides is 1. The first-order valence-corrected chi connectivity index (χ1v) is 7.89. The van der Waals surface area contributed by atoms with Gasteiger partial charge in [-0.15, -0.1) is 0 Å². The van der Waals surface area contributed by atoms with Crippen molar-refractivity contribution in [2.24, 2.45) is 0 Å². The third-order valence-electron chi connectivity index (χ3n) is 4.47. The summed E-state index contributed by atoms with van der Waals surface area (Å²) in [6.45, 7) is 8.69. The molecule has 0 aliphatic carbocycles. The second kappa shape index (κ2) is 6.60. The predicted octanol–water partition coefficient (Wildman–Crippen LogP) is 2.28. The van der Waals surface area contributed by atoms with Gasteiger partial charge in [-0.05, 0) is 51.5 Å². The van der Waals surface area contributed by atoms with E-state index in [0.717, 1.165) is 36.3 Å². The van der Waals surface area contributed by atoms with E-state index in [1.165, 1.54) is 0 Å². The van der Waals surface area contributed by atoms with E-state index < -0.39 is 0 Å². The van der Waals surface area contributed by atoms with E-state index in [1.54, 1.807) is 6.92 Å². The van der Waals surface area contributed by atoms with Gasteiger partial charge in [0.1, 0.15) is 0 Å². The molecule has 118 valence electrons. The number of likely N-dealkylation sites (tertiary alicyclic amines) is 1. The summed E-state index contributed by atoms with van der Waals surface area (Å²) in [6.07, 6.45) is 2.90. The normalized spacial score (nSPS) is 21.6. The Morgan fingerprint density at radius 1 is 1.48 bits per heavy atom. The number of nitrogens with one attached hydrogen (secondary N) is 1.